The quantitative estimate of drug-likeness (QED) is 0.487. The van der Waals surface area contributed by atoms with Crippen LogP contribution in [0.2, 0.25) is 0 Å². The topological polar surface area (TPSA) is 89.4 Å². The van der Waals surface area contributed by atoms with Crippen LogP contribution in [0.15, 0.2) is 40.4 Å². The lowest BCUT2D eigenvalue weighted by molar-refractivity contribution is 0.297. The molecule has 1 aromatic heterocycles. The Morgan fingerprint density at radius 1 is 1.23 bits per heavy atom. The third-order valence-corrected chi connectivity index (χ3v) is 4.58. The Hall–Kier alpha value is -1.64. The summed E-state index contributed by atoms with van der Waals surface area (Å²) in [6.07, 6.45) is 2.08. The van der Waals surface area contributed by atoms with E-state index in [4.69, 9.17) is 9.29 Å². The molecule has 2 rings (SSSR count). The third kappa shape index (κ3) is 4.19. The molecule has 0 bridgehead atoms. The fourth-order valence-electron chi connectivity index (χ4n) is 1.69. The van der Waals surface area contributed by atoms with E-state index in [-0.39, 0.29) is 17.4 Å². The van der Waals surface area contributed by atoms with Gasteiger partial charge < -0.3 is 9.29 Å². The van der Waals surface area contributed by atoms with Crippen molar-refractivity contribution in [2.75, 3.05) is 12.9 Å². The number of rotatable bonds is 6. The molecule has 118 valence electrons. The van der Waals surface area contributed by atoms with Gasteiger partial charge in [0.15, 0.2) is 5.16 Å². The molecule has 0 spiro atoms. The van der Waals surface area contributed by atoms with E-state index in [2.05, 4.69) is 9.97 Å². The first-order valence-corrected chi connectivity index (χ1v) is 9.12. The summed E-state index contributed by atoms with van der Waals surface area (Å²) in [6.45, 7) is 1.78. The van der Waals surface area contributed by atoms with Crippen LogP contribution in [0, 0.1) is 6.92 Å². The zero-order chi connectivity index (χ0) is 16.2. The van der Waals surface area contributed by atoms with E-state index in [1.165, 1.54) is 30.0 Å². The fourth-order valence-corrected chi connectivity index (χ4v) is 2.96. The highest BCUT2D eigenvalue weighted by Crippen LogP contribution is 2.21. The van der Waals surface area contributed by atoms with E-state index < -0.39 is 10.1 Å². The SMILES string of the molecule is CSc1nc(CCO)cc(OS(=O)(=O)c2ccc(C)cc2)n1. The number of thioether (sulfide) groups is 1. The van der Waals surface area contributed by atoms with Gasteiger partial charge in [0, 0.05) is 19.1 Å². The Morgan fingerprint density at radius 3 is 2.50 bits per heavy atom. The van der Waals surface area contributed by atoms with Crippen molar-refractivity contribution >= 4 is 21.9 Å². The zero-order valence-corrected chi connectivity index (χ0v) is 13.8. The van der Waals surface area contributed by atoms with Crippen LogP contribution in [0.3, 0.4) is 0 Å². The van der Waals surface area contributed by atoms with Gasteiger partial charge in [-0.3, -0.25) is 0 Å². The van der Waals surface area contributed by atoms with Crippen molar-refractivity contribution in [2.45, 2.75) is 23.4 Å². The highest BCUT2D eigenvalue weighted by Gasteiger charge is 2.18. The van der Waals surface area contributed by atoms with E-state index in [0.29, 0.717) is 17.3 Å². The molecule has 0 saturated heterocycles. The van der Waals surface area contributed by atoms with Crippen LogP contribution in [0.5, 0.6) is 5.88 Å². The summed E-state index contributed by atoms with van der Waals surface area (Å²) in [5, 5.41) is 9.37. The number of aromatic nitrogens is 2. The summed E-state index contributed by atoms with van der Waals surface area (Å²) in [4.78, 5) is 8.27. The van der Waals surface area contributed by atoms with Crippen molar-refractivity contribution in [3.63, 3.8) is 0 Å². The van der Waals surface area contributed by atoms with Crippen LogP contribution < -0.4 is 4.18 Å². The zero-order valence-electron chi connectivity index (χ0n) is 12.2. The number of nitrogens with zero attached hydrogens (tertiary/aromatic N) is 2. The summed E-state index contributed by atoms with van der Waals surface area (Å²) in [6, 6.07) is 7.77. The van der Waals surface area contributed by atoms with Gasteiger partial charge in [0.25, 0.3) is 0 Å². The number of benzene rings is 1. The average Bonchev–Trinajstić information content (AvgIpc) is 2.47. The van der Waals surface area contributed by atoms with Gasteiger partial charge in [0.05, 0.1) is 5.69 Å². The fraction of sp³-hybridized carbons (Fsp3) is 0.286. The molecule has 1 aromatic carbocycles. The molecule has 8 heteroatoms. The van der Waals surface area contributed by atoms with Gasteiger partial charge in [-0.05, 0) is 25.3 Å². The molecule has 0 atom stereocenters. The van der Waals surface area contributed by atoms with E-state index in [1.54, 1.807) is 18.4 Å². The van der Waals surface area contributed by atoms with Gasteiger partial charge in [-0.25, -0.2) is 4.98 Å². The summed E-state index contributed by atoms with van der Waals surface area (Å²) >= 11 is 1.27. The molecular weight excluding hydrogens is 324 g/mol. The van der Waals surface area contributed by atoms with Gasteiger partial charge in [0.2, 0.25) is 5.88 Å². The van der Waals surface area contributed by atoms with E-state index in [1.807, 2.05) is 6.92 Å². The van der Waals surface area contributed by atoms with Crippen LogP contribution in [-0.4, -0.2) is 36.4 Å². The number of aryl methyl sites for hydroxylation is 1. The second-order valence-corrected chi connectivity index (χ2v) is 6.83. The molecule has 0 amide bonds. The van der Waals surface area contributed by atoms with E-state index in [0.717, 1.165) is 5.56 Å². The maximum absolute atomic E-state index is 12.2. The van der Waals surface area contributed by atoms with Gasteiger partial charge in [-0.2, -0.15) is 13.4 Å². The van der Waals surface area contributed by atoms with Crippen molar-refractivity contribution in [2.24, 2.45) is 0 Å². The Kier molecular flexibility index (Phi) is 5.38. The minimum Gasteiger partial charge on any atom is -0.396 e. The van der Waals surface area contributed by atoms with Crippen molar-refractivity contribution in [1.82, 2.24) is 9.97 Å². The maximum Gasteiger partial charge on any atom is 0.340 e. The lowest BCUT2D eigenvalue weighted by atomic mass is 10.2. The maximum atomic E-state index is 12.2. The number of hydrogen-bond donors (Lipinski definition) is 1. The molecule has 0 unspecified atom stereocenters. The highest BCUT2D eigenvalue weighted by atomic mass is 32.2. The molecule has 0 aliphatic carbocycles. The molecule has 2 aromatic rings. The van der Waals surface area contributed by atoms with Crippen LogP contribution >= 0.6 is 11.8 Å². The summed E-state index contributed by atoms with van der Waals surface area (Å²) in [5.41, 5.74) is 1.48. The normalized spacial score (nSPS) is 11.4. The molecule has 6 nitrogen and oxygen atoms in total. The number of aliphatic hydroxyl groups excluding tert-OH is 1. The second-order valence-electron chi connectivity index (χ2n) is 4.51. The van der Waals surface area contributed by atoms with Crippen molar-refractivity contribution in [1.29, 1.82) is 0 Å². The molecule has 0 saturated carbocycles. The van der Waals surface area contributed by atoms with Crippen molar-refractivity contribution in [3.05, 3.63) is 41.6 Å². The third-order valence-electron chi connectivity index (χ3n) is 2.79. The molecule has 0 aliphatic heterocycles. The largest absolute Gasteiger partial charge is 0.396 e. The Bertz CT molecular complexity index is 746. The van der Waals surface area contributed by atoms with Crippen LogP contribution in [0.1, 0.15) is 11.3 Å². The average molecular weight is 340 g/mol. The molecule has 0 aliphatic rings. The Balaban J connectivity index is 2.32. The van der Waals surface area contributed by atoms with Crippen LogP contribution in [0.25, 0.3) is 0 Å². The van der Waals surface area contributed by atoms with Gasteiger partial charge in [0.1, 0.15) is 4.90 Å². The first-order chi connectivity index (χ1) is 10.4. The standard InChI is InChI=1S/C14H16N2O4S2/c1-10-3-5-12(6-4-10)22(18,19)20-13-9-11(7-8-17)15-14(16-13)21-2/h3-6,9,17H,7-8H2,1-2H3. The van der Waals surface area contributed by atoms with Gasteiger partial charge in [-0.1, -0.05) is 29.5 Å². The minimum atomic E-state index is -3.95. The molecule has 0 fully saturated rings. The predicted octanol–water partition coefficient (Wildman–Crippen LogP) is 1.81. The van der Waals surface area contributed by atoms with Gasteiger partial charge in [-0.15, -0.1) is 0 Å². The molecular formula is C14H16N2O4S2. The van der Waals surface area contributed by atoms with Crippen molar-refractivity contribution in [3.8, 4) is 5.88 Å². The number of aliphatic hydroxyl groups is 1. The lowest BCUT2D eigenvalue weighted by Crippen LogP contribution is -2.12. The smallest absolute Gasteiger partial charge is 0.340 e. The Labute approximate surface area is 133 Å². The molecule has 0 radical (unpaired) electrons. The Morgan fingerprint density at radius 2 is 1.91 bits per heavy atom. The van der Waals surface area contributed by atoms with Crippen LogP contribution in [0.4, 0.5) is 0 Å². The first-order valence-electron chi connectivity index (χ1n) is 6.48. The highest BCUT2D eigenvalue weighted by molar-refractivity contribution is 7.98. The van der Waals surface area contributed by atoms with Crippen molar-refractivity contribution < 1.29 is 17.7 Å². The van der Waals surface area contributed by atoms with E-state index >= 15 is 0 Å². The number of hydrogen-bond acceptors (Lipinski definition) is 7. The predicted molar refractivity (Wildman–Crippen MR) is 83.6 cm³/mol. The minimum absolute atomic E-state index is 0.0524. The summed E-state index contributed by atoms with van der Waals surface area (Å²) in [5.74, 6) is -0.0524. The lowest BCUT2D eigenvalue weighted by Gasteiger charge is -2.08. The molecule has 1 N–H and O–H groups in total. The molecule has 1 heterocycles. The van der Waals surface area contributed by atoms with Crippen LogP contribution in [-0.2, 0) is 16.5 Å². The second kappa shape index (κ2) is 7.08. The molecule has 22 heavy (non-hydrogen) atoms. The first kappa shape index (κ1) is 16.7. The summed E-state index contributed by atoms with van der Waals surface area (Å²) < 4.78 is 29.6. The monoisotopic (exact) mass is 340 g/mol. The summed E-state index contributed by atoms with van der Waals surface area (Å²) in [7, 11) is -3.95. The van der Waals surface area contributed by atoms with E-state index in [9.17, 15) is 8.42 Å². The van der Waals surface area contributed by atoms with Gasteiger partial charge >= 0.3 is 10.1 Å².